The number of nitro groups is 1. The van der Waals surface area contributed by atoms with Crippen molar-refractivity contribution < 1.29 is 10.0 Å². The Morgan fingerprint density at radius 3 is 2.57 bits per heavy atom. The second kappa shape index (κ2) is 5.36. The van der Waals surface area contributed by atoms with Crippen LogP contribution in [0.25, 0.3) is 0 Å². The lowest BCUT2D eigenvalue weighted by atomic mass is 10.1. The van der Waals surface area contributed by atoms with Crippen LogP contribution in [0.1, 0.15) is 5.56 Å². The fourth-order valence-corrected chi connectivity index (χ4v) is 1.58. The molecule has 10 heteroatoms. The van der Waals surface area contributed by atoms with E-state index in [9.17, 15) is 24.8 Å². The van der Waals surface area contributed by atoms with Crippen LogP contribution in [0.15, 0.2) is 38.0 Å². The van der Waals surface area contributed by atoms with Crippen LogP contribution in [0.3, 0.4) is 0 Å². The number of aromatic nitrogens is 2. The van der Waals surface area contributed by atoms with Crippen molar-refractivity contribution in [2.45, 2.75) is 6.92 Å². The third-order valence-corrected chi connectivity index (χ3v) is 2.63. The Bertz CT molecular complexity index is 851. The average Bonchev–Trinajstić information content (AvgIpc) is 2.38. The Balaban J connectivity index is 2.48. The monoisotopic (exact) mass is 291 g/mol. The molecule has 21 heavy (non-hydrogen) atoms. The molecule has 0 amide bonds. The fraction of sp³-hybridized carbons (Fsp3) is 0.0909. The van der Waals surface area contributed by atoms with Gasteiger partial charge in [-0.2, -0.15) is 0 Å². The van der Waals surface area contributed by atoms with E-state index in [0.717, 1.165) is 0 Å². The van der Waals surface area contributed by atoms with Crippen molar-refractivity contribution in [2.24, 2.45) is 10.2 Å². The summed E-state index contributed by atoms with van der Waals surface area (Å²) in [7, 11) is 0. The number of hydrogen-bond donors (Lipinski definition) is 3. The largest absolute Gasteiger partial charge is 0.493 e. The molecule has 1 aromatic heterocycles. The van der Waals surface area contributed by atoms with Crippen LogP contribution in [0.5, 0.6) is 5.88 Å². The Morgan fingerprint density at radius 1 is 1.24 bits per heavy atom. The summed E-state index contributed by atoms with van der Waals surface area (Å²) in [6.45, 7) is 1.48. The van der Waals surface area contributed by atoms with Gasteiger partial charge in [0.1, 0.15) is 0 Å². The average molecular weight is 291 g/mol. The number of aromatic amines is 2. The molecule has 0 bridgehead atoms. The summed E-state index contributed by atoms with van der Waals surface area (Å²) in [5, 5.41) is 27.4. The maximum Gasteiger partial charge on any atom is 0.328 e. The van der Waals surface area contributed by atoms with Crippen LogP contribution >= 0.6 is 0 Å². The second-order valence-electron chi connectivity index (χ2n) is 3.98. The maximum absolute atomic E-state index is 11.4. The lowest BCUT2D eigenvalue weighted by Crippen LogP contribution is -2.20. The van der Waals surface area contributed by atoms with Gasteiger partial charge < -0.3 is 5.11 Å². The number of nitrogens with one attached hydrogen (secondary N) is 2. The van der Waals surface area contributed by atoms with E-state index < -0.39 is 27.7 Å². The van der Waals surface area contributed by atoms with Gasteiger partial charge in [0.15, 0.2) is 0 Å². The molecule has 0 aliphatic heterocycles. The van der Waals surface area contributed by atoms with E-state index in [1.807, 2.05) is 9.97 Å². The Hall–Kier alpha value is -3.30. The summed E-state index contributed by atoms with van der Waals surface area (Å²) in [5.41, 5.74) is -2.04. The molecule has 0 saturated carbocycles. The van der Waals surface area contributed by atoms with Crippen LogP contribution in [-0.2, 0) is 0 Å². The van der Waals surface area contributed by atoms with E-state index in [4.69, 9.17) is 0 Å². The molecule has 3 N–H and O–H groups in total. The number of H-pyrrole nitrogens is 2. The topological polar surface area (TPSA) is 154 Å². The van der Waals surface area contributed by atoms with Crippen molar-refractivity contribution in [3.05, 3.63) is 54.7 Å². The lowest BCUT2D eigenvalue weighted by Gasteiger charge is -2.00. The molecule has 108 valence electrons. The fourth-order valence-electron chi connectivity index (χ4n) is 1.58. The number of hydrogen-bond acceptors (Lipinski definition) is 7. The molecule has 2 aromatic rings. The SMILES string of the molecule is Cc1c(N=Nc2c(O)[nH]c(=O)[nH]c2=O)cccc1[N+](=O)[O-]. The van der Waals surface area contributed by atoms with E-state index in [0.29, 0.717) is 0 Å². The molecule has 0 aliphatic carbocycles. The van der Waals surface area contributed by atoms with Gasteiger partial charge in [0.05, 0.1) is 16.2 Å². The molecule has 0 radical (unpaired) electrons. The number of rotatable bonds is 3. The van der Waals surface area contributed by atoms with Gasteiger partial charge in [-0.25, -0.2) is 4.79 Å². The first-order chi connectivity index (χ1) is 9.90. The molecule has 0 aliphatic rings. The smallest absolute Gasteiger partial charge is 0.328 e. The summed E-state index contributed by atoms with van der Waals surface area (Å²) in [4.78, 5) is 36.4. The zero-order valence-electron chi connectivity index (χ0n) is 10.7. The molecular formula is C11H9N5O5. The van der Waals surface area contributed by atoms with Gasteiger partial charge in [0, 0.05) is 6.07 Å². The molecule has 1 heterocycles. The summed E-state index contributed by atoms with van der Waals surface area (Å²) < 4.78 is 0. The van der Waals surface area contributed by atoms with E-state index in [2.05, 4.69) is 10.2 Å². The summed E-state index contributed by atoms with van der Waals surface area (Å²) in [6, 6.07) is 4.18. The van der Waals surface area contributed by atoms with Crippen LogP contribution in [0, 0.1) is 17.0 Å². The number of aromatic hydroxyl groups is 1. The number of azo groups is 1. The number of benzene rings is 1. The molecular weight excluding hydrogens is 282 g/mol. The van der Waals surface area contributed by atoms with Gasteiger partial charge in [-0.1, -0.05) is 6.07 Å². The lowest BCUT2D eigenvalue weighted by molar-refractivity contribution is -0.385. The Labute approximate surface area is 116 Å². The summed E-state index contributed by atoms with van der Waals surface area (Å²) in [5.74, 6) is -0.740. The highest BCUT2D eigenvalue weighted by atomic mass is 16.6. The van der Waals surface area contributed by atoms with Crippen molar-refractivity contribution in [1.82, 2.24) is 9.97 Å². The number of nitrogens with zero attached hydrogens (tertiary/aromatic N) is 3. The predicted octanol–water partition coefficient (Wildman–Crippen LogP) is 1.40. The maximum atomic E-state index is 11.4. The minimum absolute atomic E-state index is 0.147. The molecule has 0 spiro atoms. The Kier molecular flexibility index (Phi) is 3.61. The normalized spacial score (nSPS) is 10.9. The van der Waals surface area contributed by atoms with Gasteiger partial charge in [0.2, 0.25) is 11.6 Å². The molecule has 0 atom stereocenters. The van der Waals surface area contributed by atoms with E-state index in [1.54, 1.807) is 0 Å². The van der Waals surface area contributed by atoms with Gasteiger partial charge >= 0.3 is 5.69 Å². The van der Waals surface area contributed by atoms with E-state index >= 15 is 0 Å². The third-order valence-electron chi connectivity index (χ3n) is 2.63. The van der Waals surface area contributed by atoms with Crippen molar-refractivity contribution in [1.29, 1.82) is 0 Å². The molecule has 0 unspecified atom stereocenters. The predicted molar refractivity (Wildman–Crippen MR) is 71.4 cm³/mol. The molecule has 1 aromatic carbocycles. The summed E-state index contributed by atoms with van der Waals surface area (Å²) in [6.07, 6.45) is 0. The zero-order chi connectivity index (χ0) is 15.6. The number of nitro benzene ring substituents is 1. The molecule has 10 nitrogen and oxygen atoms in total. The van der Waals surface area contributed by atoms with Crippen molar-refractivity contribution >= 4 is 17.1 Å². The highest BCUT2D eigenvalue weighted by Crippen LogP contribution is 2.29. The molecule has 0 saturated heterocycles. The first-order valence-corrected chi connectivity index (χ1v) is 5.61. The van der Waals surface area contributed by atoms with Crippen LogP contribution in [0.2, 0.25) is 0 Å². The van der Waals surface area contributed by atoms with Gasteiger partial charge in [-0.05, 0) is 13.0 Å². The highest BCUT2D eigenvalue weighted by molar-refractivity contribution is 5.56. The summed E-state index contributed by atoms with van der Waals surface area (Å²) >= 11 is 0. The zero-order valence-corrected chi connectivity index (χ0v) is 10.7. The first-order valence-electron chi connectivity index (χ1n) is 5.61. The van der Waals surface area contributed by atoms with Crippen LogP contribution in [0.4, 0.5) is 17.1 Å². The second-order valence-corrected chi connectivity index (χ2v) is 3.98. The van der Waals surface area contributed by atoms with Gasteiger partial charge in [-0.15, -0.1) is 10.2 Å². The van der Waals surface area contributed by atoms with E-state index in [1.165, 1.54) is 25.1 Å². The van der Waals surface area contributed by atoms with Crippen LogP contribution in [-0.4, -0.2) is 20.0 Å². The van der Waals surface area contributed by atoms with E-state index in [-0.39, 0.29) is 16.9 Å². The van der Waals surface area contributed by atoms with Gasteiger partial charge in [-0.3, -0.25) is 24.9 Å². The van der Waals surface area contributed by atoms with Crippen LogP contribution < -0.4 is 11.2 Å². The first kappa shape index (κ1) is 14.1. The van der Waals surface area contributed by atoms with Crippen molar-refractivity contribution in [2.75, 3.05) is 0 Å². The minimum Gasteiger partial charge on any atom is -0.493 e. The van der Waals surface area contributed by atoms with Gasteiger partial charge in [0.25, 0.3) is 11.2 Å². The highest BCUT2D eigenvalue weighted by Gasteiger charge is 2.13. The quantitative estimate of drug-likeness (QED) is 0.443. The molecule has 2 rings (SSSR count). The van der Waals surface area contributed by atoms with Crippen molar-refractivity contribution in [3.8, 4) is 5.88 Å². The van der Waals surface area contributed by atoms with Crippen molar-refractivity contribution in [3.63, 3.8) is 0 Å². The molecule has 0 fully saturated rings. The Morgan fingerprint density at radius 2 is 1.95 bits per heavy atom. The third kappa shape index (κ3) is 2.83. The minimum atomic E-state index is -0.928. The standard InChI is InChI=1S/C11H9N5O5/c1-5-6(3-2-4-7(5)16(20)21)14-15-8-9(17)12-11(19)13-10(8)18/h2-4H,1H3,(H3,12,13,17,18,19).